The molecule has 0 aromatic heterocycles. The summed E-state index contributed by atoms with van der Waals surface area (Å²) in [5.41, 5.74) is 2.52. The zero-order valence-electron chi connectivity index (χ0n) is 33.3. The second-order valence-corrected chi connectivity index (χ2v) is 19.9. The number of aliphatic hydroxyl groups is 1. The molecule has 0 aromatic rings. The van der Waals surface area contributed by atoms with Gasteiger partial charge in [0.05, 0.1) is 38.0 Å². The van der Waals surface area contributed by atoms with Gasteiger partial charge in [0.2, 0.25) is 29.1 Å². The van der Waals surface area contributed by atoms with E-state index in [9.17, 15) is 39.6 Å². The molecule has 0 radical (unpaired) electrons. The molecule has 25 heteroatoms. The Bertz CT molecular complexity index is 1370. The van der Waals surface area contributed by atoms with Crippen molar-refractivity contribution in [3.63, 3.8) is 0 Å². The zero-order valence-corrected chi connectivity index (χ0v) is 36.5. The van der Waals surface area contributed by atoms with Crippen LogP contribution in [0, 0.1) is 0 Å². The summed E-state index contributed by atoms with van der Waals surface area (Å²) in [5, 5.41) is 17.5. The molecule has 4 rings (SSSR count). The number of Topliss-reactive ketones (excluding diaryl/α,β-unsaturated/α-hetero) is 2. The van der Waals surface area contributed by atoms with E-state index in [1.54, 1.807) is 6.92 Å². The van der Waals surface area contributed by atoms with Crippen LogP contribution < -0.4 is 34.0 Å². The van der Waals surface area contributed by atoms with Gasteiger partial charge in [-0.2, -0.15) is 0 Å². The Kier molecular flexibility index (Phi) is 35.6. The quantitative estimate of drug-likeness (QED) is 0.102. The van der Waals surface area contributed by atoms with Crippen LogP contribution in [0.5, 0.6) is 0 Å². The molecular formula is C32H67ClLiN3O17S3. The molecule has 4 heterocycles. The maximum atomic E-state index is 11.5. The van der Waals surface area contributed by atoms with Gasteiger partial charge in [0.1, 0.15) is 11.2 Å². The van der Waals surface area contributed by atoms with Gasteiger partial charge in [-0.05, 0) is 84.5 Å². The van der Waals surface area contributed by atoms with Crippen molar-refractivity contribution in [2.45, 2.75) is 115 Å². The van der Waals surface area contributed by atoms with Gasteiger partial charge in [0.15, 0.2) is 17.2 Å². The first-order valence-corrected chi connectivity index (χ1v) is 23.7. The summed E-state index contributed by atoms with van der Waals surface area (Å²) in [6.45, 7) is 5.74. The number of carboxylic acid groups (broad SMARTS) is 1. The van der Waals surface area contributed by atoms with E-state index in [-0.39, 0.29) is 74.6 Å². The van der Waals surface area contributed by atoms with Crippen LogP contribution >= 0.6 is 10.7 Å². The topological polar surface area (TPSA) is 343 Å². The van der Waals surface area contributed by atoms with Crippen molar-refractivity contribution in [2.75, 3.05) is 71.4 Å². The van der Waals surface area contributed by atoms with Crippen molar-refractivity contribution < 1.29 is 98.6 Å². The van der Waals surface area contributed by atoms with Crippen LogP contribution in [0.25, 0.3) is 0 Å². The van der Waals surface area contributed by atoms with E-state index in [0.717, 1.165) is 83.2 Å². The van der Waals surface area contributed by atoms with E-state index >= 15 is 0 Å². The van der Waals surface area contributed by atoms with E-state index in [2.05, 4.69) is 20.1 Å². The van der Waals surface area contributed by atoms with Crippen LogP contribution in [0.15, 0.2) is 0 Å². The Hall–Kier alpha value is -0.853. The first kappa shape index (κ1) is 65.3. The molecule has 57 heavy (non-hydrogen) atoms. The molecular weight excluding hydrogens is 837 g/mol. The number of carbonyl (C=O) groups is 3. The minimum Gasteiger partial charge on any atom is -0.870 e. The van der Waals surface area contributed by atoms with Gasteiger partial charge in [-0.15, -0.1) is 0 Å². The Labute approximate surface area is 355 Å². The Morgan fingerprint density at radius 2 is 1.07 bits per heavy atom. The average Bonchev–Trinajstić information content (AvgIpc) is 3.61. The third-order valence-electron chi connectivity index (χ3n) is 8.53. The van der Waals surface area contributed by atoms with Crippen molar-refractivity contribution in [3.8, 4) is 0 Å². The fourth-order valence-corrected chi connectivity index (χ4v) is 6.34. The molecule has 0 amide bonds. The van der Waals surface area contributed by atoms with Gasteiger partial charge in [0.25, 0.3) is 0 Å². The fraction of sp³-hybridized carbons (Fsp3) is 0.906. The molecule has 4 saturated heterocycles. The molecule has 4 fully saturated rings. The Morgan fingerprint density at radius 3 is 1.28 bits per heavy atom. The molecule has 4 atom stereocenters. The maximum absolute atomic E-state index is 11.5. The second-order valence-electron chi connectivity index (χ2n) is 13.2. The zero-order chi connectivity index (χ0) is 41.0. The van der Waals surface area contributed by atoms with E-state index in [0.29, 0.717) is 39.2 Å². The summed E-state index contributed by atoms with van der Waals surface area (Å²) >= 11 is 0. The van der Waals surface area contributed by atoms with E-state index < -0.39 is 51.9 Å². The summed E-state index contributed by atoms with van der Waals surface area (Å²) in [6.07, 6.45) is 12.5. The van der Waals surface area contributed by atoms with Gasteiger partial charge in [0, 0.05) is 50.2 Å². The number of hydrogen-bond acceptors (Lipinski definition) is 16. The average molecular weight is 904 g/mol. The number of ketones is 2. The Balaban J connectivity index is -0.000000203. The summed E-state index contributed by atoms with van der Waals surface area (Å²) in [6, 6.07) is 0. The number of nitrogens with one attached hydrogen (secondary N) is 2. The van der Waals surface area contributed by atoms with Crippen LogP contribution in [0.2, 0.25) is 0 Å². The molecule has 4 unspecified atom stereocenters. The molecule has 4 aliphatic rings. The van der Waals surface area contributed by atoms with Crippen molar-refractivity contribution >= 4 is 57.3 Å². The second kappa shape index (κ2) is 31.1. The molecule has 0 spiro atoms. The SMILES string of the molecule is C.CC(=O)C1(CN)CCCCO1.CC(=O)C1(CNS(C)(=O)=O)CCCCO1.CS(=O)(=O)Cl.CS(=O)(=O)NCC1(C(=O)O)CCCCO1.O.OCC1CCCO1.[Li+].[OH-]. The monoisotopic (exact) mass is 903 g/mol. The summed E-state index contributed by atoms with van der Waals surface area (Å²) in [5.74, 6) is -1.16. The predicted octanol–water partition coefficient (Wildman–Crippen LogP) is -2.92. The first-order valence-electron chi connectivity index (χ1n) is 17.2. The van der Waals surface area contributed by atoms with Gasteiger partial charge in [-0.3, -0.25) is 9.59 Å². The molecule has 338 valence electrons. The van der Waals surface area contributed by atoms with Crippen LogP contribution in [-0.4, -0.2) is 158 Å². The molecule has 0 bridgehead atoms. The summed E-state index contributed by atoms with van der Waals surface area (Å²) in [4.78, 5) is 33.7. The molecule has 0 saturated carbocycles. The van der Waals surface area contributed by atoms with E-state index in [1.807, 2.05) is 0 Å². The molecule has 20 nitrogen and oxygen atoms in total. The fourth-order valence-electron chi connectivity index (χ4n) is 5.35. The minimum atomic E-state index is -3.39. The first-order chi connectivity index (χ1) is 24.4. The predicted molar refractivity (Wildman–Crippen MR) is 210 cm³/mol. The van der Waals surface area contributed by atoms with Crippen LogP contribution in [0.4, 0.5) is 0 Å². The number of carboxylic acids is 1. The number of hydrogen-bond donors (Lipinski definition) is 5. The number of aliphatic carboxylic acids is 1. The molecule has 0 aliphatic carbocycles. The van der Waals surface area contributed by atoms with Crippen molar-refractivity contribution in [1.29, 1.82) is 0 Å². The third kappa shape index (κ3) is 29.1. The van der Waals surface area contributed by atoms with Gasteiger partial charge < -0.3 is 45.8 Å². The summed E-state index contributed by atoms with van der Waals surface area (Å²) in [7, 11) is -5.36. The minimum absolute atomic E-state index is 0. The standard InChI is InChI=1S/C9H17NO4S.C8H15NO5S.C8H15NO2.C5H10O2.CH3ClO2S.CH4.Li.2H2O/c1-8(11)9(5-3-4-6-14-9)7-10-15(2,12)13;1-15(12,13)9-6-8(7(10)11)4-2-3-5-14-8;1-7(10)8(6-9)4-2-3-5-11-8;6-4-5-2-1-3-7-5;1-5(2,3)4;;;;/h10H,3-7H2,1-2H3;9H,2-6H2,1H3,(H,10,11);2-6,9H2,1H3;5-6H,1-4H2;1H3;1H4;;2*1H2/q;;;;;;+1;;/p-1. The molecule has 4 aliphatic heterocycles. The van der Waals surface area contributed by atoms with E-state index in [4.69, 9.17) is 34.9 Å². The van der Waals surface area contributed by atoms with Crippen molar-refractivity contribution in [1.82, 2.24) is 9.44 Å². The third-order valence-corrected chi connectivity index (χ3v) is 9.87. The van der Waals surface area contributed by atoms with Crippen LogP contribution in [-0.2, 0) is 62.4 Å². The van der Waals surface area contributed by atoms with Crippen molar-refractivity contribution in [2.24, 2.45) is 5.73 Å². The smallest absolute Gasteiger partial charge is 0.870 e. The van der Waals surface area contributed by atoms with E-state index in [1.165, 1.54) is 6.92 Å². The summed E-state index contributed by atoms with van der Waals surface area (Å²) < 4.78 is 88.1. The molecule has 9 N–H and O–H groups in total. The van der Waals surface area contributed by atoms with Gasteiger partial charge >= 0.3 is 24.8 Å². The Morgan fingerprint density at radius 1 is 0.719 bits per heavy atom. The maximum Gasteiger partial charge on any atom is 1.00 e. The number of rotatable bonds is 11. The van der Waals surface area contributed by atoms with Crippen LogP contribution in [0.3, 0.4) is 0 Å². The normalized spacial score (nSPS) is 25.5. The van der Waals surface area contributed by atoms with Gasteiger partial charge in [-0.1, -0.05) is 7.43 Å². The number of ether oxygens (including phenoxy) is 4. The van der Waals surface area contributed by atoms with Crippen LogP contribution in [0.1, 0.15) is 91.9 Å². The molecule has 0 aromatic carbocycles. The number of carbonyl (C=O) groups excluding carboxylic acids is 2. The van der Waals surface area contributed by atoms with Gasteiger partial charge in [-0.25, -0.2) is 39.5 Å². The largest absolute Gasteiger partial charge is 1.00 e. The number of nitrogens with two attached hydrogens (primary N) is 1. The van der Waals surface area contributed by atoms with Crippen molar-refractivity contribution in [3.05, 3.63) is 0 Å². The number of aliphatic hydroxyl groups excluding tert-OH is 1. The number of halogens is 1. The number of sulfonamides is 2.